The minimum atomic E-state index is -1.82. The highest BCUT2D eigenvalue weighted by atomic mass is 35.5. The molecule has 0 bridgehead atoms. The average molecular weight is 319 g/mol. The number of nitrogens with two attached hydrogens (primary N) is 1. The molecule has 0 radical (unpaired) electrons. The van der Waals surface area contributed by atoms with Crippen molar-refractivity contribution in [1.82, 2.24) is 5.32 Å². The van der Waals surface area contributed by atoms with Gasteiger partial charge in [0.25, 0.3) is 0 Å². The molecule has 0 atom stereocenters. The van der Waals surface area contributed by atoms with E-state index in [0.717, 1.165) is 36.8 Å². The maximum absolute atomic E-state index is 9.10. The molecule has 118 valence electrons. The van der Waals surface area contributed by atoms with E-state index in [-0.39, 0.29) is 0 Å². The quantitative estimate of drug-likeness (QED) is 0.433. The second-order valence-corrected chi connectivity index (χ2v) is 4.24. The third kappa shape index (κ3) is 11.7. The van der Waals surface area contributed by atoms with E-state index in [1.165, 1.54) is 0 Å². The summed E-state index contributed by atoms with van der Waals surface area (Å²) in [6.07, 6.45) is 1.00. The maximum atomic E-state index is 9.10. The fourth-order valence-electron chi connectivity index (χ4n) is 1.12. The van der Waals surface area contributed by atoms with Gasteiger partial charge in [0.2, 0.25) is 0 Å². The molecular weight excluding hydrogens is 300 g/mol. The lowest BCUT2D eigenvalue weighted by Crippen LogP contribution is -2.23. The molecule has 1 aromatic carbocycles. The summed E-state index contributed by atoms with van der Waals surface area (Å²) in [5.74, 6) is -2.80. The first kappa shape index (κ1) is 19.2. The molecule has 1 rings (SSSR count). The van der Waals surface area contributed by atoms with E-state index in [4.69, 9.17) is 41.9 Å². The van der Waals surface area contributed by atoms with E-state index in [9.17, 15) is 0 Å². The number of nitrogens with one attached hydrogen (secondary N) is 1. The molecule has 0 amide bonds. The number of benzene rings is 1. The van der Waals surface area contributed by atoms with Crippen molar-refractivity contribution in [3.05, 3.63) is 29.3 Å². The van der Waals surface area contributed by atoms with Crippen LogP contribution < -0.4 is 15.8 Å². The molecule has 0 saturated heterocycles. The standard InChI is InChI=1S/C11H17ClN2O.C2H2O4/c12-10-2-4-11(5-3-10)15-9-8-14-7-1-6-13;3-1(4)2(5)6/h2-5,14H,1,6-9,13H2;(H,3,4)(H,5,6). The Morgan fingerprint density at radius 2 is 1.71 bits per heavy atom. The highest BCUT2D eigenvalue weighted by Gasteiger charge is 2.04. The van der Waals surface area contributed by atoms with Crippen molar-refractivity contribution >= 4 is 23.5 Å². The van der Waals surface area contributed by atoms with E-state index < -0.39 is 11.9 Å². The van der Waals surface area contributed by atoms with E-state index in [2.05, 4.69) is 5.32 Å². The normalized spacial score (nSPS) is 9.43. The minimum absolute atomic E-state index is 0.659. The zero-order chi connectivity index (χ0) is 16.1. The first-order chi connectivity index (χ1) is 9.97. The average Bonchev–Trinajstić information content (AvgIpc) is 2.45. The fourth-order valence-corrected chi connectivity index (χ4v) is 1.25. The predicted octanol–water partition coefficient (Wildman–Crippen LogP) is 0.813. The Morgan fingerprint density at radius 3 is 2.19 bits per heavy atom. The Balaban J connectivity index is 0.000000567. The lowest BCUT2D eigenvalue weighted by atomic mass is 10.3. The number of ether oxygens (including phenoxy) is 1. The monoisotopic (exact) mass is 318 g/mol. The molecule has 0 saturated carbocycles. The van der Waals surface area contributed by atoms with Gasteiger partial charge in [-0.15, -0.1) is 0 Å². The van der Waals surface area contributed by atoms with Gasteiger partial charge in [0, 0.05) is 11.6 Å². The number of aliphatic carboxylic acids is 2. The molecular formula is C13H19ClN2O5. The van der Waals surface area contributed by atoms with E-state index >= 15 is 0 Å². The van der Waals surface area contributed by atoms with Crippen molar-refractivity contribution in [2.75, 3.05) is 26.2 Å². The van der Waals surface area contributed by atoms with Crippen LogP contribution in [0.15, 0.2) is 24.3 Å². The molecule has 0 aromatic heterocycles. The topological polar surface area (TPSA) is 122 Å². The first-order valence-corrected chi connectivity index (χ1v) is 6.60. The Morgan fingerprint density at radius 1 is 1.14 bits per heavy atom. The highest BCUT2D eigenvalue weighted by molar-refractivity contribution is 6.30. The van der Waals surface area contributed by atoms with Crippen LogP contribution >= 0.6 is 11.6 Å². The van der Waals surface area contributed by atoms with Gasteiger partial charge in [-0.05, 0) is 43.8 Å². The number of hydrogen-bond donors (Lipinski definition) is 4. The molecule has 8 heteroatoms. The summed E-state index contributed by atoms with van der Waals surface area (Å²) in [5, 5.41) is 18.7. The van der Waals surface area contributed by atoms with Crippen LogP contribution in [0.25, 0.3) is 0 Å². The molecule has 0 aliphatic rings. The Labute approximate surface area is 127 Å². The van der Waals surface area contributed by atoms with Crippen LogP contribution in [0.3, 0.4) is 0 Å². The number of carboxylic acid groups (broad SMARTS) is 2. The Hall–Kier alpha value is -1.83. The van der Waals surface area contributed by atoms with Crippen LogP contribution in [0.2, 0.25) is 5.02 Å². The summed E-state index contributed by atoms with van der Waals surface area (Å²) in [6.45, 7) is 3.17. The molecule has 0 unspecified atom stereocenters. The molecule has 1 aromatic rings. The van der Waals surface area contributed by atoms with Crippen molar-refractivity contribution in [3.63, 3.8) is 0 Å². The van der Waals surface area contributed by atoms with Gasteiger partial charge in [-0.25, -0.2) is 9.59 Å². The molecule has 0 spiro atoms. The summed E-state index contributed by atoms with van der Waals surface area (Å²) in [5.41, 5.74) is 5.36. The van der Waals surface area contributed by atoms with Crippen LogP contribution in [0.1, 0.15) is 6.42 Å². The Bertz CT molecular complexity index is 413. The predicted molar refractivity (Wildman–Crippen MR) is 78.8 cm³/mol. The maximum Gasteiger partial charge on any atom is 0.414 e. The van der Waals surface area contributed by atoms with Gasteiger partial charge < -0.3 is 26.0 Å². The third-order valence-corrected chi connectivity index (χ3v) is 2.35. The van der Waals surface area contributed by atoms with Crippen LogP contribution in [-0.2, 0) is 9.59 Å². The number of hydrogen-bond acceptors (Lipinski definition) is 5. The van der Waals surface area contributed by atoms with E-state index in [1.807, 2.05) is 24.3 Å². The van der Waals surface area contributed by atoms with Crippen LogP contribution in [0, 0.1) is 0 Å². The van der Waals surface area contributed by atoms with Crippen LogP contribution in [0.5, 0.6) is 5.75 Å². The number of carboxylic acids is 2. The lowest BCUT2D eigenvalue weighted by molar-refractivity contribution is -0.159. The van der Waals surface area contributed by atoms with Gasteiger partial charge in [0.15, 0.2) is 0 Å². The number of rotatable bonds is 7. The molecule has 5 N–H and O–H groups in total. The van der Waals surface area contributed by atoms with Crippen molar-refractivity contribution in [1.29, 1.82) is 0 Å². The third-order valence-electron chi connectivity index (χ3n) is 2.10. The summed E-state index contributed by atoms with van der Waals surface area (Å²) < 4.78 is 5.49. The fraction of sp³-hybridized carbons (Fsp3) is 0.385. The molecule has 0 aliphatic carbocycles. The van der Waals surface area contributed by atoms with Gasteiger partial charge in [-0.1, -0.05) is 11.6 Å². The first-order valence-electron chi connectivity index (χ1n) is 6.22. The van der Waals surface area contributed by atoms with Gasteiger partial charge in [-0.3, -0.25) is 0 Å². The van der Waals surface area contributed by atoms with Gasteiger partial charge in [0.1, 0.15) is 12.4 Å². The largest absolute Gasteiger partial charge is 0.492 e. The zero-order valence-electron chi connectivity index (χ0n) is 11.4. The second kappa shape index (κ2) is 12.0. The van der Waals surface area contributed by atoms with Crippen molar-refractivity contribution < 1.29 is 24.5 Å². The number of halogens is 1. The lowest BCUT2D eigenvalue weighted by Gasteiger charge is -2.06. The van der Waals surface area contributed by atoms with Crippen LogP contribution in [0.4, 0.5) is 0 Å². The van der Waals surface area contributed by atoms with E-state index in [0.29, 0.717) is 6.61 Å². The molecule has 0 fully saturated rings. The minimum Gasteiger partial charge on any atom is -0.492 e. The summed E-state index contributed by atoms with van der Waals surface area (Å²) in [6, 6.07) is 7.36. The van der Waals surface area contributed by atoms with Crippen molar-refractivity contribution in [3.8, 4) is 5.75 Å². The highest BCUT2D eigenvalue weighted by Crippen LogP contribution is 2.14. The van der Waals surface area contributed by atoms with Crippen LogP contribution in [-0.4, -0.2) is 48.4 Å². The molecule has 0 aliphatic heterocycles. The zero-order valence-corrected chi connectivity index (χ0v) is 12.2. The van der Waals surface area contributed by atoms with Crippen molar-refractivity contribution in [2.24, 2.45) is 5.73 Å². The van der Waals surface area contributed by atoms with Gasteiger partial charge in [-0.2, -0.15) is 0 Å². The van der Waals surface area contributed by atoms with Gasteiger partial charge in [0.05, 0.1) is 0 Å². The molecule has 21 heavy (non-hydrogen) atoms. The van der Waals surface area contributed by atoms with E-state index in [1.54, 1.807) is 0 Å². The smallest absolute Gasteiger partial charge is 0.414 e. The summed E-state index contributed by atoms with van der Waals surface area (Å²) in [7, 11) is 0. The summed E-state index contributed by atoms with van der Waals surface area (Å²) in [4.78, 5) is 18.2. The number of carbonyl (C=O) groups is 2. The SMILES string of the molecule is NCCCNCCOc1ccc(Cl)cc1.O=C(O)C(=O)O. The van der Waals surface area contributed by atoms with Crippen molar-refractivity contribution in [2.45, 2.75) is 6.42 Å². The van der Waals surface area contributed by atoms with Gasteiger partial charge >= 0.3 is 11.9 Å². The summed E-state index contributed by atoms with van der Waals surface area (Å²) >= 11 is 5.75. The second-order valence-electron chi connectivity index (χ2n) is 3.80. The molecule has 0 heterocycles. The Kier molecular flexibility index (Phi) is 10.9. The molecule has 7 nitrogen and oxygen atoms in total.